The number of fused-ring (bicyclic) bond motifs is 1. The minimum absolute atomic E-state index is 0.0434. The van der Waals surface area contributed by atoms with E-state index in [9.17, 15) is 4.79 Å². The average Bonchev–Trinajstić information content (AvgIpc) is 3.33. The molecule has 0 bridgehead atoms. The minimum atomic E-state index is -0.0434. The topological polar surface area (TPSA) is 34.5 Å². The summed E-state index contributed by atoms with van der Waals surface area (Å²) in [6.07, 6.45) is 4.05. The summed E-state index contributed by atoms with van der Waals surface area (Å²) in [5.41, 5.74) is 3.18. The van der Waals surface area contributed by atoms with E-state index in [-0.39, 0.29) is 5.91 Å². The lowest BCUT2D eigenvalue weighted by atomic mass is 10.1. The molecule has 0 atom stereocenters. The van der Waals surface area contributed by atoms with Crippen molar-refractivity contribution in [1.82, 2.24) is 9.47 Å². The molecule has 1 aliphatic rings. The molecule has 33 heavy (non-hydrogen) atoms. The Morgan fingerprint density at radius 3 is 2.39 bits per heavy atom. The summed E-state index contributed by atoms with van der Waals surface area (Å²) in [6, 6.07) is 28.0. The summed E-state index contributed by atoms with van der Waals surface area (Å²) in [7, 11) is 0. The smallest absolute Gasteiger partial charge is 0.266 e. The van der Waals surface area contributed by atoms with Gasteiger partial charge >= 0.3 is 0 Å². The Labute approximate surface area is 202 Å². The number of nitrogens with zero attached hydrogens (tertiary/aromatic N) is 2. The van der Waals surface area contributed by atoms with Crippen LogP contribution in [0.4, 0.5) is 0 Å². The zero-order chi connectivity index (χ0) is 22.6. The molecule has 3 aromatic carbocycles. The van der Waals surface area contributed by atoms with Gasteiger partial charge in [0.25, 0.3) is 5.91 Å². The van der Waals surface area contributed by atoms with Gasteiger partial charge in [0.05, 0.1) is 18.0 Å². The number of thioether (sulfide) groups is 1. The highest BCUT2D eigenvalue weighted by Gasteiger charge is 2.32. The van der Waals surface area contributed by atoms with Crippen molar-refractivity contribution < 1.29 is 9.53 Å². The summed E-state index contributed by atoms with van der Waals surface area (Å²) in [4.78, 5) is 15.4. The van der Waals surface area contributed by atoms with Crippen LogP contribution < -0.4 is 4.74 Å². The van der Waals surface area contributed by atoms with Crippen LogP contribution >= 0.6 is 24.0 Å². The number of hydrogen-bond acceptors (Lipinski definition) is 4. The minimum Gasteiger partial charge on any atom is -0.492 e. The summed E-state index contributed by atoms with van der Waals surface area (Å²) >= 11 is 6.88. The molecule has 1 saturated heterocycles. The van der Waals surface area contributed by atoms with Crippen LogP contribution in [-0.2, 0) is 17.9 Å². The van der Waals surface area contributed by atoms with Gasteiger partial charge in [-0.15, -0.1) is 0 Å². The normalized spacial score (nSPS) is 15.0. The zero-order valence-electron chi connectivity index (χ0n) is 17.9. The number of aromatic nitrogens is 1. The Morgan fingerprint density at radius 2 is 1.61 bits per heavy atom. The van der Waals surface area contributed by atoms with Gasteiger partial charge in [-0.25, -0.2) is 0 Å². The molecule has 4 aromatic rings. The third-order valence-electron chi connectivity index (χ3n) is 5.51. The summed E-state index contributed by atoms with van der Waals surface area (Å²) in [5.74, 6) is 0.814. The highest BCUT2D eigenvalue weighted by atomic mass is 32.2. The molecule has 5 rings (SSSR count). The Balaban J connectivity index is 1.37. The predicted octanol–water partition coefficient (Wildman–Crippen LogP) is 6.12. The fourth-order valence-corrected chi connectivity index (χ4v) is 5.14. The van der Waals surface area contributed by atoms with E-state index in [1.807, 2.05) is 78.9 Å². The average molecular weight is 471 g/mol. The molecule has 4 nitrogen and oxygen atoms in total. The molecule has 0 spiro atoms. The second-order valence-corrected chi connectivity index (χ2v) is 9.39. The van der Waals surface area contributed by atoms with Crippen molar-refractivity contribution in [2.75, 3.05) is 6.61 Å². The number of thiocarbonyl (C=S) groups is 1. The molecular formula is C27H22N2O2S2. The maximum atomic E-state index is 13.1. The molecule has 0 saturated carbocycles. The first kappa shape index (κ1) is 21.5. The van der Waals surface area contributed by atoms with Gasteiger partial charge in [0, 0.05) is 22.7 Å². The van der Waals surface area contributed by atoms with E-state index in [4.69, 9.17) is 17.0 Å². The van der Waals surface area contributed by atoms with E-state index < -0.39 is 0 Å². The van der Waals surface area contributed by atoms with E-state index in [2.05, 4.69) is 22.9 Å². The first-order chi connectivity index (χ1) is 16.2. The monoisotopic (exact) mass is 470 g/mol. The quantitative estimate of drug-likeness (QED) is 0.241. The first-order valence-corrected chi connectivity index (χ1v) is 12.0. The van der Waals surface area contributed by atoms with Gasteiger partial charge < -0.3 is 9.30 Å². The molecule has 0 unspecified atom stereocenters. The molecule has 1 aromatic heterocycles. The third kappa shape index (κ3) is 4.72. The number of hydrogen-bond donors (Lipinski definition) is 0. The third-order valence-corrected chi connectivity index (χ3v) is 6.89. The number of rotatable bonds is 7. The van der Waals surface area contributed by atoms with E-state index in [1.165, 1.54) is 11.8 Å². The zero-order valence-corrected chi connectivity index (χ0v) is 19.5. The van der Waals surface area contributed by atoms with Gasteiger partial charge in [0.15, 0.2) is 0 Å². The van der Waals surface area contributed by atoms with E-state index >= 15 is 0 Å². The van der Waals surface area contributed by atoms with Crippen molar-refractivity contribution in [1.29, 1.82) is 0 Å². The lowest BCUT2D eigenvalue weighted by Gasteiger charge is -2.14. The van der Waals surface area contributed by atoms with Crippen LogP contribution in [0.1, 0.15) is 11.1 Å². The standard InChI is InChI=1S/C27H22N2O2S2/c30-26-25(33-27(32)29(26)18-20-9-3-1-4-10-20)17-21-19-28(24-14-8-7-13-23(21)24)15-16-31-22-11-5-2-6-12-22/h1-14,17,19H,15-16,18H2/b25-17-. The maximum absolute atomic E-state index is 13.1. The van der Waals surface area contributed by atoms with Crippen LogP contribution in [0.2, 0.25) is 0 Å². The summed E-state index contributed by atoms with van der Waals surface area (Å²) in [6.45, 7) is 1.75. The van der Waals surface area contributed by atoms with Crippen LogP contribution in [0.5, 0.6) is 5.75 Å². The van der Waals surface area contributed by atoms with Gasteiger partial charge in [-0.1, -0.05) is 90.7 Å². The maximum Gasteiger partial charge on any atom is 0.266 e. The first-order valence-electron chi connectivity index (χ1n) is 10.7. The Hall–Kier alpha value is -3.35. The van der Waals surface area contributed by atoms with Crippen molar-refractivity contribution >= 4 is 51.2 Å². The highest BCUT2D eigenvalue weighted by Crippen LogP contribution is 2.35. The second-order valence-electron chi connectivity index (χ2n) is 7.71. The molecule has 1 aliphatic heterocycles. The lowest BCUT2D eigenvalue weighted by Crippen LogP contribution is -2.27. The number of carbonyl (C=O) groups is 1. The van der Waals surface area contributed by atoms with Gasteiger partial charge in [0.1, 0.15) is 16.7 Å². The van der Waals surface area contributed by atoms with Crippen LogP contribution in [-0.4, -0.2) is 26.3 Å². The molecule has 1 amide bonds. The largest absolute Gasteiger partial charge is 0.492 e. The van der Waals surface area contributed by atoms with E-state index in [0.717, 1.165) is 27.8 Å². The number of benzene rings is 3. The number of carbonyl (C=O) groups excluding carboxylic acids is 1. The Kier molecular flexibility index (Phi) is 6.28. The molecule has 0 radical (unpaired) electrons. The Morgan fingerprint density at radius 1 is 0.909 bits per heavy atom. The molecule has 6 heteroatoms. The van der Waals surface area contributed by atoms with Gasteiger partial charge in [-0.05, 0) is 29.8 Å². The van der Waals surface area contributed by atoms with Crippen molar-refractivity contribution in [2.45, 2.75) is 13.1 Å². The molecule has 0 aliphatic carbocycles. The molecule has 2 heterocycles. The van der Waals surface area contributed by atoms with Crippen LogP contribution in [0.25, 0.3) is 17.0 Å². The van der Waals surface area contributed by atoms with Crippen molar-refractivity contribution in [2.24, 2.45) is 0 Å². The van der Waals surface area contributed by atoms with Crippen molar-refractivity contribution in [3.63, 3.8) is 0 Å². The van der Waals surface area contributed by atoms with Crippen LogP contribution in [0.3, 0.4) is 0 Å². The fraction of sp³-hybridized carbons (Fsp3) is 0.111. The van der Waals surface area contributed by atoms with E-state index in [1.54, 1.807) is 4.90 Å². The molecular weight excluding hydrogens is 448 g/mol. The predicted molar refractivity (Wildman–Crippen MR) is 139 cm³/mol. The lowest BCUT2D eigenvalue weighted by molar-refractivity contribution is -0.122. The van der Waals surface area contributed by atoms with E-state index in [0.29, 0.717) is 28.9 Å². The van der Waals surface area contributed by atoms with Gasteiger partial charge in [-0.2, -0.15) is 0 Å². The summed E-state index contributed by atoms with van der Waals surface area (Å²) < 4.78 is 8.65. The molecule has 164 valence electrons. The Bertz CT molecular complexity index is 1330. The second kappa shape index (κ2) is 9.65. The number of amides is 1. The summed E-state index contributed by atoms with van der Waals surface area (Å²) in [5, 5.41) is 1.10. The SMILES string of the molecule is O=C1/C(=C/c2cn(CCOc3ccccc3)c3ccccc23)SC(=S)N1Cc1ccccc1. The molecule has 0 N–H and O–H groups in total. The molecule has 1 fully saturated rings. The number of para-hydroxylation sites is 2. The van der Waals surface area contributed by atoms with Crippen molar-refractivity contribution in [3.8, 4) is 5.75 Å². The fourth-order valence-electron chi connectivity index (χ4n) is 3.90. The van der Waals surface area contributed by atoms with Crippen molar-refractivity contribution in [3.05, 3.63) is 107 Å². The highest BCUT2D eigenvalue weighted by molar-refractivity contribution is 8.26. The van der Waals surface area contributed by atoms with Gasteiger partial charge in [-0.3, -0.25) is 9.69 Å². The van der Waals surface area contributed by atoms with Crippen LogP contribution in [0, 0.1) is 0 Å². The van der Waals surface area contributed by atoms with Gasteiger partial charge in [0.2, 0.25) is 0 Å². The van der Waals surface area contributed by atoms with Crippen LogP contribution in [0.15, 0.2) is 96.0 Å². The number of ether oxygens (including phenoxy) is 1.